The molecule has 9 heavy (non-hydrogen) atoms. The molecule has 0 saturated carbocycles. The second-order valence-electron chi connectivity index (χ2n) is 1.30. The second kappa shape index (κ2) is 2.51. The first-order chi connectivity index (χ1) is 4.33. The Morgan fingerprint density at radius 1 is 1.44 bits per heavy atom. The van der Waals surface area contributed by atoms with Crippen molar-refractivity contribution in [3.05, 3.63) is 21.8 Å². The van der Waals surface area contributed by atoms with Gasteiger partial charge in [0.05, 0.1) is 9.87 Å². The van der Waals surface area contributed by atoms with Gasteiger partial charge in [-0.1, -0.05) is 9.97 Å². The number of nitrogens with zero attached hydrogens (tertiary/aromatic N) is 4. The van der Waals surface area contributed by atoms with Crippen LogP contribution in [0.1, 0.15) is 0 Å². The molecule has 1 heterocycles. The van der Waals surface area contributed by atoms with Crippen LogP contribution in [0.2, 0.25) is 0 Å². The van der Waals surface area contributed by atoms with Crippen molar-refractivity contribution in [1.82, 2.24) is 9.97 Å². The Morgan fingerprint density at radius 2 is 2.00 bits per heavy atom. The van der Waals surface area contributed by atoms with Gasteiger partial charge in [-0.05, 0) is 20.9 Å². The summed E-state index contributed by atoms with van der Waals surface area (Å²) in [7, 11) is 0. The average molecular weight is 186 g/mol. The zero-order chi connectivity index (χ0) is 6.69. The van der Waals surface area contributed by atoms with Gasteiger partial charge in [-0.25, -0.2) is 0 Å². The van der Waals surface area contributed by atoms with E-state index in [-0.39, 0.29) is 5.95 Å². The highest BCUT2D eigenvalue weighted by Gasteiger charge is 2.04. The second-order valence-corrected chi connectivity index (χ2v) is 2.22. The van der Waals surface area contributed by atoms with Crippen molar-refractivity contribution >= 4 is 21.9 Å². The predicted molar refractivity (Wildman–Crippen MR) is 34.5 cm³/mol. The molecule has 1 rings (SSSR count). The van der Waals surface area contributed by atoms with Gasteiger partial charge in [-0.15, -0.1) is 0 Å². The van der Waals surface area contributed by atoms with Crippen molar-refractivity contribution in [2.45, 2.75) is 0 Å². The lowest BCUT2D eigenvalue weighted by atomic mass is 10.7. The largest absolute Gasteiger partial charge is 0.561 e. The molecule has 0 N–H and O–H groups in total. The normalized spacial score (nSPS) is 8.44. The van der Waals surface area contributed by atoms with Crippen molar-refractivity contribution in [1.29, 1.82) is 5.39 Å². The summed E-state index contributed by atoms with van der Waals surface area (Å²) >= 11 is 3.13. The first-order valence-electron chi connectivity index (χ1n) is 2.15. The summed E-state index contributed by atoms with van der Waals surface area (Å²) in [6.07, 6.45) is 3.00. The molecule has 0 radical (unpaired) electrons. The van der Waals surface area contributed by atoms with Crippen LogP contribution in [0.5, 0.6) is 0 Å². The topological polar surface area (TPSA) is 53.9 Å². The fourth-order valence-corrected chi connectivity index (χ4v) is 0.562. The summed E-state index contributed by atoms with van der Waals surface area (Å²) in [6, 6.07) is 0. The smallest absolute Gasteiger partial charge is 0.0578 e. The van der Waals surface area contributed by atoms with E-state index in [4.69, 9.17) is 5.39 Å². The summed E-state index contributed by atoms with van der Waals surface area (Å²) in [5, 5.41) is 8.11. The molecule has 0 aromatic carbocycles. The van der Waals surface area contributed by atoms with E-state index in [9.17, 15) is 0 Å². The average Bonchev–Trinajstić information content (AvgIpc) is 1.90. The van der Waals surface area contributed by atoms with Gasteiger partial charge in [-0.3, -0.25) is 0 Å². The molecule has 0 aliphatic rings. The van der Waals surface area contributed by atoms with Crippen LogP contribution < -0.4 is 0 Å². The fraction of sp³-hybridized carbons (Fsp3) is 0. The molecule has 0 bridgehead atoms. The molecule has 0 amide bonds. The van der Waals surface area contributed by atoms with Gasteiger partial charge in [0.25, 0.3) is 0 Å². The minimum atomic E-state index is 0.0678. The van der Waals surface area contributed by atoms with Crippen LogP contribution in [0, 0.1) is 5.39 Å². The van der Waals surface area contributed by atoms with Crippen LogP contribution in [0.25, 0.3) is 4.98 Å². The quantitative estimate of drug-likeness (QED) is 0.579. The zero-order valence-corrected chi connectivity index (χ0v) is 5.91. The Hall–Kier alpha value is -1.02. The lowest BCUT2D eigenvalue weighted by Gasteiger charge is -1.73. The maximum atomic E-state index is 8.11. The Kier molecular flexibility index (Phi) is 1.70. The third-order valence-corrected chi connectivity index (χ3v) is 1.11. The Bertz CT molecular complexity index is 236. The minimum absolute atomic E-state index is 0.0678. The molecule has 0 fully saturated rings. The van der Waals surface area contributed by atoms with Crippen LogP contribution in [0.4, 0.5) is 5.95 Å². The maximum absolute atomic E-state index is 8.11. The third kappa shape index (κ3) is 1.44. The Morgan fingerprint density at radius 3 is 2.44 bits per heavy atom. The van der Waals surface area contributed by atoms with Gasteiger partial charge >= 0.3 is 5.95 Å². The molecule has 0 aliphatic heterocycles. The molecule has 5 heteroatoms. The predicted octanol–water partition coefficient (Wildman–Crippen LogP) is 1.72. The molecule has 1 aromatic heterocycles. The lowest BCUT2D eigenvalue weighted by Crippen LogP contribution is -1.75. The summed E-state index contributed by atoms with van der Waals surface area (Å²) in [5.74, 6) is 0.0678. The van der Waals surface area contributed by atoms with Crippen LogP contribution >= 0.6 is 15.9 Å². The molecular weight excluding hydrogens is 184 g/mol. The summed E-state index contributed by atoms with van der Waals surface area (Å²) in [5.41, 5.74) is 0. The van der Waals surface area contributed by atoms with Gasteiger partial charge in [-0.2, -0.15) is 0 Å². The monoisotopic (exact) mass is 185 g/mol. The molecule has 1 aromatic rings. The molecule has 0 spiro atoms. The molecule has 4 nitrogen and oxygen atoms in total. The van der Waals surface area contributed by atoms with Gasteiger partial charge in [0, 0.05) is 0 Å². The number of rotatable bonds is 0. The van der Waals surface area contributed by atoms with E-state index in [0.29, 0.717) is 0 Å². The fourth-order valence-electron chi connectivity index (χ4n) is 0.357. The number of hydrogen-bond donors (Lipinski definition) is 0. The molecule has 44 valence electrons. The summed E-state index contributed by atoms with van der Waals surface area (Å²) in [4.78, 5) is 10.0. The first kappa shape index (κ1) is 6.11. The van der Waals surface area contributed by atoms with Crippen molar-refractivity contribution in [2.24, 2.45) is 0 Å². The Balaban J connectivity index is 3.06. The van der Waals surface area contributed by atoms with Gasteiger partial charge in [0.2, 0.25) is 0 Å². The zero-order valence-electron chi connectivity index (χ0n) is 4.32. The van der Waals surface area contributed by atoms with E-state index < -0.39 is 0 Å². The molecule has 0 unspecified atom stereocenters. The van der Waals surface area contributed by atoms with Crippen LogP contribution in [-0.2, 0) is 0 Å². The molecule has 0 saturated heterocycles. The molecular formula is C4H2BrN4+. The van der Waals surface area contributed by atoms with E-state index >= 15 is 0 Å². The van der Waals surface area contributed by atoms with E-state index in [1.54, 1.807) is 0 Å². The highest BCUT2D eigenvalue weighted by Crippen LogP contribution is 2.07. The first-order valence-corrected chi connectivity index (χ1v) is 2.95. The maximum Gasteiger partial charge on any atom is 0.561 e. The summed E-state index contributed by atoms with van der Waals surface area (Å²) < 4.78 is 0.759. The minimum Gasteiger partial charge on any atom is -0.0578 e. The van der Waals surface area contributed by atoms with Crippen LogP contribution in [0.3, 0.4) is 0 Å². The number of halogens is 1. The van der Waals surface area contributed by atoms with E-state index in [1.165, 1.54) is 12.4 Å². The van der Waals surface area contributed by atoms with E-state index in [1.807, 2.05) is 0 Å². The van der Waals surface area contributed by atoms with Crippen molar-refractivity contribution in [3.63, 3.8) is 0 Å². The van der Waals surface area contributed by atoms with Crippen LogP contribution in [-0.4, -0.2) is 9.97 Å². The molecule has 0 atom stereocenters. The van der Waals surface area contributed by atoms with Crippen molar-refractivity contribution < 1.29 is 0 Å². The Labute approximate surface area is 59.7 Å². The highest BCUT2D eigenvalue weighted by molar-refractivity contribution is 9.10. The number of aromatic nitrogens is 2. The molecule has 0 aliphatic carbocycles. The van der Waals surface area contributed by atoms with Gasteiger partial charge < -0.3 is 0 Å². The number of hydrogen-bond acceptors (Lipinski definition) is 3. The van der Waals surface area contributed by atoms with Crippen molar-refractivity contribution in [3.8, 4) is 0 Å². The SMILES string of the molecule is N#[N+]c1ncc(Br)cn1. The lowest BCUT2D eigenvalue weighted by molar-refractivity contribution is 1.17. The van der Waals surface area contributed by atoms with E-state index in [0.717, 1.165) is 4.47 Å². The standard InChI is InChI=1S/C4H2BrN4/c5-3-1-7-4(9-6)8-2-3/h1-2H/q+1. The third-order valence-electron chi connectivity index (χ3n) is 0.696. The number of diazo groups is 1. The van der Waals surface area contributed by atoms with Gasteiger partial charge in [0.15, 0.2) is 0 Å². The van der Waals surface area contributed by atoms with Crippen molar-refractivity contribution in [2.75, 3.05) is 0 Å². The van der Waals surface area contributed by atoms with E-state index in [2.05, 4.69) is 30.9 Å². The van der Waals surface area contributed by atoms with Crippen LogP contribution in [0.15, 0.2) is 16.9 Å². The van der Waals surface area contributed by atoms with Gasteiger partial charge in [0.1, 0.15) is 12.4 Å². The highest BCUT2D eigenvalue weighted by atomic mass is 79.9. The summed E-state index contributed by atoms with van der Waals surface area (Å²) in [6.45, 7) is 0.